The Morgan fingerprint density at radius 3 is 2.38 bits per heavy atom. The smallest absolute Gasteiger partial charge is 0.251 e. The maximum absolute atomic E-state index is 12.5. The van der Waals surface area contributed by atoms with Crippen molar-refractivity contribution in [3.05, 3.63) is 48.0 Å². The molecule has 0 saturated heterocycles. The molecule has 6 heteroatoms. The number of aromatic amines is 1. The summed E-state index contributed by atoms with van der Waals surface area (Å²) in [6, 6.07) is 13.1. The number of nitrogens with zero attached hydrogens (tertiary/aromatic N) is 1. The highest BCUT2D eigenvalue weighted by Crippen LogP contribution is 2.24. The van der Waals surface area contributed by atoms with Crippen LogP contribution in [-0.4, -0.2) is 28.3 Å². The molecule has 3 aromatic rings. The van der Waals surface area contributed by atoms with Gasteiger partial charge in [-0.2, -0.15) is 0 Å². The summed E-state index contributed by atoms with van der Waals surface area (Å²) in [7, 11) is 0. The number of unbranched alkanes of at least 4 members (excludes halogenated alkanes) is 4. The summed E-state index contributed by atoms with van der Waals surface area (Å²) in [5.74, 6) is 0.639. The molecule has 0 saturated carbocycles. The molecule has 170 valence electrons. The summed E-state index contributed by atoms with van der Waals surface area (Å²) in [4.78, 5) is 32.6. The SMILES string of the molecule is CCCCCCCNC(=O)c1ccc2nc(-c3ccc(NC(=O)C(C)(C)C)cc3)[nH]c2c1. The molecular weight excluding hydrogens is 400 g/mol. The summed E-state index contributed by atoms with van der Waals surface area (Å²) >= 11 is 0. The van der Waals surface area contributed by atoms with Gasteiger partial charge in [0.25, 0.3) is 5.91 Å². The molecule has 1 heterocycles. The Kier molecular flexibility index (Phi) is 7.67. The summed E-state index contributed by atoms with van der Waals surface area (Å²) < 4.78 is 0. The van der Waals surface area contributed by atoms with Crippen molar-refractivity contribution in [2.75, 3.05) is 11.9 Å². The number of benzene rings is 2. The second-order valence-corrected chi connectivity index (χ2v) is 9.27. The first-order valence-corrected chi connectivity index (χ1v) is 11.5. The molecule has 0 radical (unpaired) electrons. The second-order valence-electron chi connectivity index (χ2n) is 9.27. The Balaban J connectivity index is 1.64. The van der Waals surface area contributed by atoms with Gasteiger partial charge in [-0.15, -0.1) is 0 Å². The summed E-state index contributed by atoms with van der Waals surface area (Å²) in [5, 5.41) is 5.93. The third-order valence-corrected chi connectivity index (χ3v) is 5.41. The van der Waals surface area contributed by atoms with Crippen LogP contribution in [0.25, 0.3) is 22.4 Å². The Hall–Kier alpha value is -3.15. The molecule has 3 rings (SSSR count). The average Bonchev–Trinajstić information content (AvgIpc) is 3.19. The number of anilines is 1. The van der Waals surface area contributed by atoms with Crippen LogP contribution in [0.5, 0.6) is 0 Å². The highest BCUT2D eigenvalue weighted by molar-refractivity contribution is 5.98. The number of hydrogen-bond donors (Lipinski definition) is 3. The van der Waals surface area contributed by atoms with Crippen LogP contribution < -0.4 is 10.6 Å². The summed E-state index contributed by atoms with van der Waals surface area (Å²) in [6.45, 7) is 8.54. The Morgan fingerprint density at radius 2 is 1.69 bits per heavy atom. The number of rotatable bonds is 9. The van der Waals surface area contributed by atoms with Gasteiger partial charge in [-0.25, -0.2) is 4.98 Å². The van der Waals surface area contributed by atoms with Gasteiger partial charge >= 0.3 is 0 Å². The molecule has 0 aliphatic carbocycles. The zero-order valence-corrected chi connectivity index (χ0v) is 19.5. The zero-order valence-electron chi connectivity index (χ0n) is 19.5. The summed E-state index contributed by atoms with van der Waals surface area (Å²) in [5.41, 5.74) is 3.46. The number of aromatic nitrogens is 2. The molecule has 32 heavy (non-hydrogen) atoms. The van der Waals surface area contributed by atoms with Gasteiger partial charge in [0, 0.05) is 28.8 Å². The van der Waals surface area contributed by atoms with E-state index in [1.165, 1.54) is 19.3 Å². The number of carbonyl (C=O) groups excluding carboxylic acids is 2. The largest absolute Gasteiger partial charge is 0.352 e. The topological polar surface area (TPSA) is 86.9 Å². The van der Waals surface area contributed by atoms with Crippen LogP contribution in [0.1, 0.15) is 70.2 Å². The number of carbonyl (C=O) groups is 2. The monoisotopic (exact) mass is 434 g/mol. The lowest BCUT2D eigenvalue weighted by Crippen LogP contribution is -2.27. The van der Waals surface area contributed by atoms with E-state index in [4.69, 9.17) is 0 Å². The number of H-pyrrole nitrogens is 1. The molecule has 0 atom stereocenters. The number of imidazole rings is 1. The van der Waals surface area contributed by atoms with Crippen LogP contribution in [0.15, 0.2) is 42.5 Å². The highest BCUT2D eigenvalue weighted by atomic mass is 16.2. The van der Waals surface area contributed by atoms with E-state index in [1.807, 2.05) is 63.2 Å². The van der Waals surface area contributed by atoms with E-state index in [1.54, 1.807) is 0 Å². The molecule has 2 amide bonds. The molecule has 0 fully saturated rings. The normalized spacial score (nSPS) is 11.5. The minimum atomic E-state index is -0.448. The molecule has 0 aliphatic heterocycles. The van der Waals surface area contributed by atoms with Crippen molar-refractivity contribution in [3.63, 3.8) is 0 Å². The van der Waals surface area contributed by atoms with E-state index in [0.717, 1.165) is 41.0 Å². The minimum absolute atomic E-state index is 0.0271. The van der Waals surface area contributed by atoms with Crippen LogP contribution in [0, 0.1) is 5.41 Å². The van der Waals surface area contributed by atoms with E-state index in [0.29, 0.717) is 12.1 Å². The Morgan fingerprint density at radius 1 is 0.969 bits per heavy atom. The lowest BCUT2D eigenvalue weighted by molar-refractivity contribution is -0.123. The minimum Gasteiger partial charge on any atom is -0.352 e. The van der Waals surface area contributed by atoms with E-state index in [2.05, 4.69) is 27.5 Å². The number of hydrogen-bond acceptors (Lipinski definition) is 3. The van der Waals surface area contributed by atoms with Gasteiger partial charge in [0.05, 0.1) is 11.0 Å². The van der Waals surface area contributed by atoms with Crippen LogP contribution in [0.3, 0.4) is 0 Å². The Labute approximate surface area is 190 Å². The maximum atomic E-state index is 12.5. The van der Waals surface area contributed by atoms with Gasteiger partial charge in [-0.3, -0.25) is 9.59 Å². The molecule has 3 N–H and O–H groups in total. The third kappa shape index (κ3) is 6.19. The average molecular weight is 435 g/mol. The van der Waals surface area contributed by atoms with Gasteiger partial charge < -0.3 is 15.6 Å². The maximum Gasteiger partial charge on any atom is 0.251 e. The van der Waals surface area contributed by atoms with Gasteiger partial charge in [0.1, 0.15) is 5.82 Å². The van der Waals surface area contributed by atoms with E-state index in [9.17, 15) is 9.59 Å². The lowest BCUT2D eigenvalue weighted by atomic mass is 9.95. The van der Waals surface area contributed by atoms with Crippen LogP contribution >= 0.6 is 0 Å². The van der Waals surface area contributed by atoms with Crippen molar-refractivity contribution < 1.29 is 9.59 Å². The predicted octanol–water partition coefficient (Wildman–Crippen LogP) is 5.91. The van der Waals surface area contributed by atoms with Crippen molar-refractivity contribution in [2.45, 2.75) is 59.8 Å². The number of nitrogens with one attached hydrogen (secondary N) is 3. The van der Waals surface area contributed by atoms with Gasteiger partial charge in [-0.1, -0.05) is 53.4 Å². The lowest BCUT2D eigenvalue weighted by Gasteiger charge is -2.17. The fraction of sp³-hybridized carbons (Fsp3) is 0.423. The van der Waals surface area contributed by atoms with Crippen LogP contribution in [-0.2, 0) is 4.79 Å². The zero-order chi connectivity index (χ0) is 23.1. The Bertz CT molecular complexity index is 1060. The van der Waals surface area contributed by atoms with Gasteiger partial charge in [-0.05, 0) is 48.9 Å². The summed E-state index contributed by atoms with van der Waals surface area (Å²) in [6.07, 6.45) is 5.85. The quantitative estimate of drug-likeness (QED) is 0.366. The van der Waals surface area contributed by atoms with Gasteiger partial charge in [0.2, 0.25) is 5.91 Å². The van der Waals surface area contributed by atoms with E-state index < -0.39 is 5.41 Å². The molecule has 0 aliphatic rings. The first-order valence-electron chi connectivity index (χ1n) is 11.5. The fourth-order valence-corrected chi connectivity index (χ4v) is 3.35. The molecular formula is C26H34N4O2. The third-order valence-electron chi connectivity index (χ3n) is 5.41. The molecule has 1 aromatic heterocycles. The molecule has 6 nitrogen and oxygen atoms in total. The van der Waals surface area contributed by atoms with Crippen molar-refractivity contribution in [2.24, 2.45) is 5.41 Å². The predicted molar refractivity (Wildman–Crippen MR) is 131 cm³/mol. The first kappa shape index (κ1) is 23.5. The first-order chi connectivity index (χ1) is 15.3. The van der Waals surface area contributed by atoms with Gasteiger partial charge in [0.15, 0.2) is 0 Å². The van der Waals surface area contributed by atoms with E-state index >= 15 is 0 Å². The molecule has 0 bridgehead atoms. The van der Waals surface area contributed by atoms with Crippen molar-refractivity contribution in [1.82, 2.24) is 15.3 Å². The number of fused-ring (bicyclic) bond motifs is 1. The molecule has 0 spiro atoms. The van der Waals surface area contributed by atoms with Crippen molar-refractivity contribution in [3.8, 4) is 11.4 Å². The highest BCUT2D eigenvalue weighted by Gasteiger charge is 2.21. The van der Waals surface area contributed by atoms with Crippen molar-refractivity contribution in [1.29, 1.82) is 0 Å². The van der Waals surface area contributed by atoms with Crippen LogP contribution in [0.2, 0.25) is 0 Å². The van der Waals surface area contributed by atoms with E-state index in [-0.39, 0.29) is 11.8 Å². The second kappa shape index (κ2) is 10.4. The van der Waals surface area contributed by atoms with Crippen LogP contribution in [0.4, 0.5) is 5.69 Å². The molecule has 2 aromatic carbocycles. The molecule has 0 unspecified atom stereocenters. The van der Waals surface area contributed by atoms with Crippen molar-refractivity contribution >= 4 is 28.5 Å². The standard InChI is InChI=1S/C26H34N4O2/c1-5-6-7-8-9-16-27-24(31)19-12-15-21-22(17-19)30-23(29-21)18-10-13-20(14-11-18)28-25(32)26(2,3)4/h10-15,17H,5-9,16H2,1-4H3,(H,27,31)(H,28,32)(H,29,30). The number of amides is 2. The fourth-order valence-electron chi connectivity index (χ4n) is 3.35.